The van der Waals surface area contributed by atoms with Crippen LogP contribution in [-0.4, -0.2) is 29.3 Å². The van der Waals surface area contributed by atoms with Gasteiger partial charge in [-0.05, 0) is 19.1 Å². The summed E-state index contributed by atoms with van der Waals surface area (Å²) in [7, 11) is 2.95. The van der Waals surface area contributed by atoms with E-state index in [1.165, 1.54) is 21.1 Å². The van der Waals surface area contributed by atoms with Crippen molar-refractivity contribution in [3.63, 3.8) is 0 Å². The SMILES string of the molecule is COc1cc(-c2nc(O)c(C)c(=O)[nH]2)cc(Cl)c1OC. The molecule has 0 aliphatic rings. The molecule has 0 unspecified atom stereocenters. The van der Waals surface area contributed by atoms with Gasteiger partial charge in [-0.15, -0.1) is 0 Å². The Bertz CT molecular complexity index is 712. The lowest BCUT2D eigenvalue weighted by Crippen LogP contribution is -2.12. The third kappa shape index (κ3) is 2.42. The lowest BCUT2D eigenvalue weighted by molar-refractivity contribution is 0.355. The van der Waals surface area contributed by atoms with Crippen molar-refractivity contribution >= 4 is 11.6 Å². The van der Waals surface area contributed by atoms with Gasteiger partial charge in [-0.3, -0.25) is 4.79 Å². The summed E-state index contributed by atoms with van der Waals surface area (Å²) in [5, 5.41) is 9.93. The third-order valence-corrected chi connectivity index (χ3v) is 3.11. The molecule has 0 atom stereocenters. The molecule has 0 radical (unpaired) electrons. The Balaban J connectivity index is 2.65. The van der Waals surface area contributed by atoms with Crippen LogP contribution in [0.25, 0.3) is 11.4 Å². The van der Waals surface area contributed by atoms with E-state index < -0.39 is 5.56 Å². The Labute approximate surface area is 120 Å². The molecule has 0 saturated heterocycles. The van der Waals surface area contributed by atoms with Crippen molar-refractivity contribution in [2.75, 3.05) is 14.2 Å². The molecule has 2 rings (SSSR count). The van der Waals surface area contributed by atoms with Crippen molar-refractivity contribution in [2.24, 2.45) is 0 Å². The van der Waals surface area contributed by atoms with E-state index in [1.54, 1.807) is 12.1 Å². The Morgan fingerprint density at radius 2 is 2.00 bits per heavy atom. The quantitative estimate of drug-likeness (QED) is 0.906. The van der Waals surface area contributed by atoms with E-state index in [2.05, 4.69) is 9.97 Å². The highest BCUT2D eigenvalue weighted by Crippen LogP contribution is 2.38. The minimum atomic E-state index is -0.418. The van der Waals surface area contributed by atoms with Crippen molar-refractivity contribution in [1.82, 2.24) is 9.97 Å². The maximum absolute atomic E-state index is 11.7. The summed E-state index contributed by atoms with van der Waals surface area (Å²) in [6.45, 7) is 1.48. The third-order valence-electron chi connectivity index (χ3n) is 2.83. The highest BCUT2D eigenvalue weighted by Gasteiger charge is 2.14. The van der Waals surface area contributed by atoms with E-state index in [0.29, 0.717) is 22.1 Å². The van der Waals surface area contributed by atoms with Gasteiger partial charge in [0.05, 0.1) is 24.8 Å². The molecule has 7 heteroatoms. The molecule has 0 spiro atoms. The number of benzene rings is 1. The maximum atomic E-state index is 11.7. The number of nitrogens with zero attached hydrogens (tertiary/aromatic N) is 1. The van der Waals surface area contributed by atoms with Crippen LogP contribution >= 0.6 is 11.6 Å². The number of rotatable bonds is 3. The molecule has 0 saturated carbocycles. The Morgan fingerprint density at radius 3 is 2.55 bits per heavy atom. The largest absolute Gasteiger partial charge is 0.493 e. The molecule has 0 aliphatic carbocycles. The zero-order chi connectivity index (χ0) is 14.9. The van der Waals surface area contributed by atoms with Gasteiger partial charge in [0.2, 0.25) is 5.88 Å². The van der Waals surface area contributed by atoms with Crippen molar-refractivity contribution in [2.45, 2.75) is 6.92 Å². The van der Waals surface area contributed by atoms with Gasteiger partial charge >= 0.3 is 0 Å². The molecule has 0 aliphatic heterocycles. The number of aromatic hydroxyl groups is 1. The molecule has 20 heavy (non-hydrogen) atoms. The van der Waals surface area contributed by atoms with E-state index in [4.69, 9.17) is 21.1 Å². The standard InChI is InChI=1S/C13H13ClN2O4/c1-6-12(17)15-11(16-13(6)18)7-4-8(14)10(20-3)9(5-7)19-2/h4-5H,1-3H3,(H2,15,16,17,18). The average Bonchev–Trinajstić information content (AvgIpc) is 2.43. The molecule has 2 N–H and O–H groups in total. The van der Waals surface area contributed by atoms with Crippen LogP contribution < -0.4 is 15.0 Å². The molecular formula is C13H13ClN2O4. The van der Waals surface area contributed by atoms with E-state index in [0.717, 1.165) is 0 Å². The fourth-order valence-corrected chi connectivity index (χ4v) is 2.00. The topological polar surface area (TPSA) is 84.4 Å². The lowest BCUT2D eigenvalue weighted by atomic mass is 10.2. The van der Waals surface area contributed by atoms with E-state index in [9.17, 15) is 9.90 Å². The molecule has 1 aromatic carbocycles. The molecule has 1 aromatic heterocycles. The maximum Gasteiger partial charge on any atom is 0.257 e. The first-order valence-corrected chi connectivity index (χ1v) is 6.07. The summed E-state index contributed by atoms with van der Waals surface area (Å²) in [4.78, 5) is 18.1. The van der Waals surface area contributed by atoms with Crippen LogP contribution in [0, 0.1) is 6.92 Å². The summed E-state index contributed by atoms with van der Waals surface area (Å²) in [6.07, 6.45) is 0. The van der Waals surface area contributed by atoms with Gasteiger partial charge in [0.15, 0.2) is 11.5 Å². The van der Waals surface area contributed by atoms with Gasteiger partial charge in [0.1, 0.15) is 5.82 Å². The highest BCUT2D eigenvalue weighted by molar-refractivity contribution is 6.32. The minimum Gasteiger partial charge on any atom is -0.493 e. The van der Waals surface area contributed by atoms with Crippen molar-refractivity contribution < 1.29 is 14.6 Å². The molecule has 1 heterocycles. The number of H-pyrrole nitrogens is 1. The first-order valence-electron chi connectivity index (χ1n) is 5.69. The molecule has 0 bridgehead atoms. The van der Waals surface area contributed by atoms with Crippen LogP contribution in [0.4, 0.5) is 0 Å². The summed E-state index contributed by atoms with van der Waals surface area (Å²) >= 11 is 6.09. The predicted molar refractivity (Wildman–Crippen MR) is 74.8 cm³/mol. The fourth-order valence-electron chi connectivity index (χ4n) is 1.71. The van der Waals surface area contributed by atoms with Gasteiger partial charge in [-0.25, -0.2) is 0 Å². The molecule has 2 aromatic rings. The Morgan fingerprint density at radius 1 is 1.30 bits per heavy atom. The fraction of sp³-hybridized carbons (Fsp3) is 0.231. The number of aromatic nitrogens is 2. The van der Waals surface area contributed by atoms with Crippen molar-refractivity contribution in [3.05, 3.63) is 33.1 Å². The van der Waals surface area contributed by atoms with Crippen LogP contribution in [0.1, 0.15) is 5.56 Å². The number of hydrogen-bond donors (Lipinski definition) is 2. The Kier molecular flexibility index (Phi) is 3.85. The molecule has 6 nitrogen and oxygen atoms in total. The molecule has 0 amide bonds. The smallest absolute Gasteiger partial charge is 0.257 e. The second-order valence-electron chi connectivity index (χ2n) is 4.06. The van der Waals surface area contributed by atoms with Crippen LogP contribution in [0.3, 0.4) is 0 Å². The summed E-state index contributed by atoms with van der Waals surface area (Å²) < 4.78 is 10.3. The number of hydrogen-bond acceptors (Lipinski definition) is 5. The number of nitrogens with one attached hydrogen (secondary N) is 1. The zero-order valence-corrected chi connectivity index (χ0v) is 11.9. The van der Waals surface area contributed by atoms with E-state index in [1.807, 2.05) is 0 Å². The molecular weight excluding hydrogens is 284 g/mol. The van der Waals surface area contributed by atoms with Gasteiger partial charge in [-0.2, -0.15) is 4.98 Å². The normalized spacial score (nSPS) is 10.4. The van der Waals surface area contributed by atoms with Crippen LogP contribution in [-0.2, 0) is 0 Å². The zero-order valence-electron chi connectivity index (χ0n) is 11.2. The summed E-state index contributed by atoms with van der Waals surface area (Å²) in [5.41, 5.74) is 0.235. The number of methoxy groups -OCH3 is 2. The first kappa shape index (κ1) is 14.2. The number of halogens is 1. The van der Waals surface area contributed by atoms with Crippen LogP contribution in [0.5, 0.6) is 17.4 Å². The van der Waals surface area contributed by atoms with Crippen molar-refractivity contribution in [3.8, 4) is 28.8 Å². The highest BCUT2D eigenvalue weighted by atomic mass is 35.5. The van der Waals surface area contributed by atoms with E-state index >= 15 is 0 Å². The average molecular weight is 297 g/mol. The monoisotopic (exact) mass is 296 g/mol. The van der Waals surface area contributed by atoms with Gasteiger partial charge in [0.25, 0.3) is 5.56 Å². The molecule has 0 fully saturated rings. The van der Waals surface area contributed by atoms with Crippen LogP contribution in [0.15, 0.2) is 16.9 Å². The van der Waals surface area contributed by atoms with Crippen molar-refractivity contribution in [1.29, 1.82) is 0 Å². The van der Waals surface area contributed by atoms with Gasteiger partial charge in [0, 0.05) is 5.56 Å². The second-order valence-corrected chi connectivity index (χ2v) is 4.46. The summed E-state index contributed by atoms with van der Waals surface area (Å²) in [6, 6.07) is 3.17. The predicted octanol–water partition coefficient (Wildman–Crippen LogP) is 2.12. The minimum absolute atomic E-state index is 0.153. The Hall–Kier alpha value is -2.21. The first-order chi connectivity index (χ1) is 9.47. The number of aromatic amines is 1. The van der Waals surface area contributed by atoms with Crippen LogP contribution in [0.2, 0.25) is 5.02 Å². The van der Waals surface area contributed by atoms with Gasteiger partial charge in [-0.1, -0.05) is 11.6 Å². The molecule has 106 valence electrons. The number of ether oxygens (including phenoxy) is 2. The second kappa shape index (κ2) is 5.42. The van der Waals surface area contributed by atoms with E-state index in [-0.39, 0.29) is 17.3 Å². The van der Waals surface area contributed by atoms with Gasteiger partial charge < -0.3 is 19.6 Å². The lowest BCUT2D eigenvalue weighted by Gasteiger charge is -2.11. The summed E-state index contributed by atoms with van der Waals surface area (Å²) in [5.74, 6) is 0.657.